The zero-order chi connectivity index (χ0) is 21.6. The molecule has 0 spiro atoms. The largest absolute Gasteiger partial charge is 0.494 e. The number of methoxy groups -OCH3 is 1. The number of hydrogen-bond acceptors (Lipinski definition) is 8. The Hall–Kier alpha value is -2.62. The summed E-state index contributed by atoms with van der Waals surface area (Å²) in [4.78, 5) is 4.71. The van der Waals surface area contributed by atoms with Gasteiger partial charge in [-0.05, 0) is 47.2 Å². The summed E-state index contributed by atoms with van der Waals surface area (Å²) < 4.78 is 7.13. The van der Waals surface area contributed by atoms with Crippen LogP contribution in [0.1, 0.15) is 5.56 Å². The Morgan fingerprint density at radius 3 is 2.61 bits per heavy atom. The van der Waals surface area contributed by atoms with Crippen LogP contribution in [0.25, 0.3) is 5.69 Å². The van der Waals surface area contributed by atoms with Crippen LogP contribution in [-0.2, 0) is 0 Å². The highest BCUT2D eigenvalue weighted by Crippen LogP contribution is 2.27. The predicted octanol–water partition coefficient (Wildman–Crippen LogP) is 2.25. The van der Waals surface area contributed by atoms with Crippen molar-refractivity contribution in [3.8, 4) is 11.4 Å². The van der Waals surface area contributed by atoms with Crippen molar-refractivity contribution < 1.29 is 9.84 Å². The first-order valence-electron chi connectivity index (χ1n) is 10.4. The maximum absolute atomic E-state index is 10.6. The summed E-state index contributed by atoms with van der Waals surface area (Å²) in [5.74, 6) is 1.23. The van der Waals surface area contributed by atoms with Crippen LogP contribution in [-0.4, -0.2) is 81.9 Å². The lowest BCUT2D eigenvalue weighted by molar-refractivity contribution is 0.126. The van der Waals surface area contributed by atoms with E-state index in [1.54, 1.807) is 11.8 Å². The fourth-order valence-electron chi connectivity index (χ4n) is 3.73. The number of anilines is 1. The first kappa shape index (κ1) is 21.6. The first-order chi connectivity index (χ1) is 15.1. The van der Waals surface area contributed by atoms with E-state index in [1.165, 1.54) is 17.4 Å². The van der Waals surface area contributed by atoms with E-state index >= 15 is 0 Å². The van der Waals surface area contributed by atoms with Crippen molar-refractivity contribution >= 4 is 17.4 Å². The lowest BCUT2D eigenvalue weighted by Crippen LogP contribution is -2.48. The second-order valence-corrected chi connectivity index (χ2v) is 8.62. The molecule has 3 aromatic rings. The third-order valence-electron chi connectivity index (χ3n) is 5.37. The minimum absolute atomic E-state index is 0.460. The summed E-state index contributed by atoms with van der Waals surface area (Å²) in [6, 6.07) is 16.4. The van der Waals surface area contributed by atoms with Gasteiger partial charge in [-0.2, -0.15) is 4.68 Å². The van der Waals surface area contributed by atoms with Crippen LogP contribution in [0.5, 0.6) is 5.75 Å². The van der Waals surface area contributed by atoms with Gasteiger partial charge in [0.1, 0.15) is 11.4 Å². The Morgan fingerprint density at radius 2 is 1.87 bits per heavy atom. The van der Waals surface area contributed by atoms with Crippen LogP contribution in [0.2, 0.25) is 0 Å². The van der Waals surface area contributed by atoms with Crippen molar-refractivity contribution in [2.75, 3.05) is 50.5 Å². The number of tetrazole rings is 1. The smallest absolute Gasteiger partial charge is 0.214 e. The fourth-order valence-corrected chi connectivity index (χ4v) is 4.53. The molecule has 2 aromatic carbocycles. The van der Waals surface area contributed by atoms with E-state index in [0.29, 0.717) is 23.2 Å². The number of aromatic nitrogens is 4. The Kier molecular flexibility index (Phi) is 7.06. The van der Waals surface area contributed by atoms with Gasteiger partial charge in [-0.1, -0.05) is 36.0 Å². The van der Waals surface area contributed by atoms with E-state index in [0.717, 1.165) is 37.4 Å². The molecule has 1 aliphatic rings. The summed E-state index contributed by atoms with van der Waals surface area (Å²) in [5.41, 5.74) is 3.15. The number of β-amino-alcohol motifs (C(OH)–C–C–N with tert-alkyl or cyclic N) is 1. The highest BCUT2D eigenvalue weighted by atomic mass is 32.2. The number of thioether (sulfide) groups is 1. The van der Waals surface area contributed by atoms with Gasteiger partial charge in [0.05, 0.1) is 13.2 Å². The van der Waals surface area contributed by atoms with Crippen molar-refractivity contribution in [1.29, 1.82) is 0 Å². The number of piperazine rings is 1. The molecular formula is C22H28N6O2S. The highest BCUT2D eigenvalue weighted by molar-refractivity contribution is 7.99. The molecule has 4 rings (SSSR count). The number of aryl methyl sites for hydroxylation is 1. The molecule has 1 fully saturated rings. The molecule has 1 aliphatic heterocycles. The third kappa shape index (κ3) is 5.36. The van der Waals surface area contributed by atoms with E-state index in [2.05, 4.69) is 49.6 Å². The molecule has 9 heteroatoms. The zero-order valence-electron chi connectivity index (χ0n) is 17.9. The summed E-state index contributed by atoms with van der Waals surface area (Å²) in [6.45, 7) is 6.47. The number of aliphatic hydroxyl groups is 1. The molecule has 0 aliphatic carbocycles. The van der Waals surface area contributed by atoms with E-state index < -0.39 is 6.10 Å². The minimum Gasteiger partial charge on any atom is -0.494 e. The second-order valence-electron chi connectivity index (χ2n) is 7.64. The molecule has 0 unspecified atom stereocenters. The number of para-hydroxylation sites is 1. The minimum atomic E-state index is -0.460. The van der Waals surface area contributed by atoms with Crippen molar-refractivity contribution in [3.63, 3.8) is 0 Å². The van der Waals surface area contributed by atoms with Gasteiger partial charge in [0, 0.05) is 44.2 Å². The molecule has 8 nitrogen and oxygen atoms in total. The number of ether oxygens (including phenoxy) is 1. The van der Waals surface area contributed by atoms with Gasteiger partial charge in [-0.3, -0.25) is 4.90 Å². The molecule has 0 amide bonds. The van der Waals surface area contributed by atoms with Gasteiger partial charge in [-0.15, -0.1) is 5.10 Å². The third-order valence-corrected chi connectivity index (χ3v) is 6.44. The molecule has 31 heavy (non-hydrogen) atoms. The molecule has 1 aromatic heterocycles. The average Bonchev–Trinajstić information content (AvgIpc) is 3.27. The van der Waals surface area contributed by atoms with Crippen LogP contribution in [0, 0.1) is 6.92 Å². The van der Waals surface area contributed by atoms with E-state index in [4.69, 9.17) is 4.74 Å². The number of nitrogens with zero attached hydrogens (tertiary/aromatic N) is 6. The number of rotatable bonds is 8. The molecule has 0 radical (unpaired) electrons. The second kappa shape index (κ2) is 10.1. The lowest BCUT2D eigenvalue weighted by Gasteiger charge is -2.36. The van der Waals surface area contributed by atoms with Crippen molar-refractivity contribution in [2.24, 2.45) is 0 Å². The lowest BCUT2D eigenvalue weighted by atomic mass is 10.2. The van der Waals surface area contributed by atoms with Gasteiger partial charge in [0.15, 0.2) is 0 Å². The van der Waals surface area contributed by atoms with Crippen LogP contribution < -0.4 is 9.64 Å². The highest BCUT2D eigenvalue weighted by Gasteiger charge is 2.21. The van der Waals surface area contributed by atoms with Gasteiger partial charge in [-0.25, -0.2) is 0 Å². The summed E-state index contributed by atoms with van der Waals surface area (Å²) >= 11 is 1.45. The number of benzene rings is 2. The molecule has 0 saturated carbocycles. The van der Waals surface area contributed by atoms with Gasteiger partial charge in [0.2, 0.25) is 5.16 Å². The predicted molar refractivity (Wildman–Crippen MR) is 122 cm³/mol. The molecule has 1 atom stereocenters. The van der Waals surface area contributed by atoms with Crippen LogP contribution >= 0.6 is 11.8 Å². The molecule has 1 saturated heterocycles. The van der Waals surface area contributed by atoms with E-state index in [-0.39, 0.29) is 0 Å². The molecular weight excluding hydrogens is 412 g/mol. The maximum Gasteiger partial charge on any atom is 0.214 e. The normalized spacial score (nSPS) is 15.8. The number of aliphatic hydroxyl groups excluding tert-OH is 1. The standard InChI is InChI=1S/C22H28N6O2S/c1-17-8-9-21(30-2)20(14-17)28-22(23-24-25-28)31-16-19(29)15-26-10-12-27(13-11-26)18-6-4-3-5-7-18/h3-9,14,19,29H,10-13,15-16H2,1-2H3/t19-/m0/s1. The summed E-state index contributed by atoms with van der Waals surface area (Å²) in [5, 5.41) is 23.3. The van der Waals surface area contributed by atoms with E-state index in [1.807, 2.05) is 31.2 Å². The van der Waals surface area contributed by atoms with E-state index in [9.17, 15) is 5.11 Å². The monoisotopic (exact) mass is 440 g/mol. The summed E-state index contributed by atoms with van der Waals surface area (Å²) in [7, 11) is 1.63. The van der Waals surface area contributed by atoms with Crippen molar-refractivity contribution in [3.05, 3.63) is 54.1 Å². The molecule has 2 heterocycles. The van der Waals surface area contributed by atoms with Crippen LogP contribution in [0.4, 0.5) is 5.69 Å². The Morgan fingerprint density at radius 1 is 1.10 bits per heavy atom. The first-order valence-corrected chi connectivity index (χ1v) is 11.4. The Bertz CT molecular complexity index is 975. The Labute approximate surface area is 186 Å². The van der Waals surface area contributed by atoms with Gasteiger partial charge in [0.25, 0.3) is 0 Å². The summed E-state index contributed by atoms with van der Waals surface area (Å²) in [6.07, 6.45) is -0.460. The van der Waals surface area contributed by atoms with Gasteiger partial charge >= 0.3 is 0 Å². The SMILES string of the molecule is COc1ccc(C)cc1-n1nnnc1SC[C@@H](O)CN1CCN(c2ccccc2)CC1. The Balaban J connectivity index is 1.30. The van der Waals surface area contributed by atoms with Crippen molar-refractivity contribution in [2.45, 2.75) is 18.2 Å². The van der Waals surface area contributed by atoms with Crippen molar-refractivity contribution in [1.82, 2.24) is 25.1 Å². The van der Waals surface area contributed by atoms with Crippen LogP contribution in [0.15, 0.2) is 53.7 Å². The molecule has 164 valence electrons. The average molecular weight is 441 g/mol. The number of hydrogen-bond donors (Lipinski definition) is 1. The van der Waals surface area contributed by atoms with Gasteiger partial charge < -0.3 is 14.7 Å². The molecule has 1 N–H and O–H groups in total. The molecule has 0 bridgehead atoms. The topological polar surface area (TPSA) is 79.5 Å². The fraction of sp³-hybridized carbons (Fsp3) is 0.409. The zero-order valence-corrected chi connectivity index (χ0v) is 18.7. The maximum atomic E-state index is 10.6. The van der Waals surface area contributed by atoms with Crippen LogP contribution in [0.3, 0.4) is 0 Å². The quantitative estimate of drug-likeness (QED) is 0.535.